The number of nitrogens with one attached hydrogen (secondary N) is 1. The fourth-order valence-electron chi connectivity index (χ4n) is 2.15. The van der Waals surface area contributed by atoms with Crippen molar-refractivity contribution in [1.82, 2.24) is 10.3 Å². The number of hydrogen-bond donors (Lipinski definition) is 1. The van der Waals surface area contributed by atoms with Crippen LogP contribution in [0.3, 0.4) is 0 Å². The Hall–Kier alpha value is -1.73. The summed E-state index contributed by atoms with van der Waals surface area (Å²) in [6.45, 7) is 1.82. The van der Waals surface area contributed by atoms with Crippen LogP contribution < -0.4 is 14.8 Å². The molecule has 0 fully saturated rings. The van der Waals surface area contributed by atoms with Gasteiger partial charge in [-0.2, -0.15) is 0 Å². The molecule has 7 heteroatoms. The third-order valence-electron chi connectivity index (χ3n) is 3.26. The Morgan fingerprint density at radius 1 is 1.30 bits per heavy atom. The topological polar surface area (TPSA) is 60.5 Å². The van der Waals surface area contributed by atoms with E-state index in [4.69, 9.17) is 9.47 Å². The van der Waals surface area contributed by atoms with Crippen LogP contribution in [-0.4, -0.2) is 36.4 Å². The maximum Gasteiger partial charge on any atom is 0.220 e. The lowest BCUT2D eigenvalue weighted by Gasteiger charge is -2.18. The molecule has 0 atom stereocenters. The summed E-state index contributed by atoms with van der Waals surface area (Å²) in [5.74, 6) is 2.39. The van der Waals surface area contributed by atoms with Crippen LogP contribution in [0, 0.1) is 0 Å². The zero-order valence-electron chi connectivity index (χ0n) is 12.6. The zero-order valence-corrected chi connectivity index (χ0v) is 14.3. The van der Waals surface area contributed by atoms with Crippen LogP contribution in [0.5, 0.6) is 11.5 Å². The summed E-state index contributed by atoms with van der Waals surface area (Å²) in [5.41, 5.74) is 0. The number of carbonyl (C=O) groups excluding carboxylic acids is 1. The van der Waals surface area contributed by atoms with Crippen LogP contribution in [0.25, 0.3) is 0 Å². The van der Waals surface area contributed by atoms with Crippen molar-refractivity contribution in [2.45, 2.75) is 17.7 Å². The second kappa shape index (κ2) is 8.21. The molecule has 122 valence electrons. The number of thioether (sulfide) groups is 1. The minimum atomic E-state index is 0.0756. The monoisotopic (exact) mass is 350 g/mol. The minimum absolute atomic E-state index is 0.0756. The Morgan fingerprint density at radius 2 is 2.17 bits per heavy atom. The normalized spacial score (nSPS) is 12.9. The number of aromatic nitrogens is 1. The lowest BCUT2D eigenvalue weighted by atomic mass is 10.3. The van der Waals surface area contributed by atoms with Crippen LogP contribution >= 0.6 is 23.1 Å². The third-order valence-corrected chi connectivity index (χ3v) is 5.09. The maximum atomic E-state index is 11.8. The lowest BCUT2D eigenvalue weighted by molar-refractivity contribution is -0.120. The van der Waals surface area contributed by atoms with Crippen molar-refractivity contribution in [2.75, 3.05) is 25.5 Å². The molecule has 0 saturated heterocycles. The highest BCUT2D eigenvalue weighted by Crippen LogP contribution is 2.34. The van der Waals surface area contributed by atoms with E-state index in [-0.39, 0.29) is 5.91 Å². The van der Waals surface area contributed by atoms with Gasteiger partial charge >= 0.3 is 0 Å². The molecule has 5 nitrogen and oxygen atoms in total. The van der Waals surface area contributed by atoms with E-state index < -0.39 is 0 Å². The third kappa shape index (κ3) is 4.87. The van der Waals surface area contributed by atoms with Gasteiger partial charge in [-0.25, -0.2) is 4.98 Å². The van der Waals surface area contributed by atoms with Crippen molar-refractivity contribution >= 4 is 29.0 Å². The number of rotatable bonds is 7. The summed E-state index contributed by atoms with van der Waals surface area (Å²) in [7, 11) is 0. The molecular weight excluding hydrogens is 332 g/mol. The Labute approximate surface area is 143 Å². The van der Waals surface area contributed by atoms with E-state index in [2.05, 4.69) is 10.3 Å². The second-order valence-electron chi connectivity index (χ2n) is 4.93. The molecule has 1 aromatic heterocycles. The largest absolute Gasteiger partial charge is 0.486 e. The summed E-state index contributed by atoms with van der Waals surface area (Å²) in [6, 6.07) is 5.89. The van der Waals surface area contributed by atoms with Gasteiger partial charge < -0.3 is 14.8 Å². The molecule has 0 unspecified atom stereocenters. The quantitative estimate of drug-likeness (QED) is 0.778. The first kappa shape index (κ1) is 16.1. The molecule has 0 bridgehead atoms. The van der Waals surface area contributed by atoms with Gasteiger partial charge in [0.15, 0.2) is 11.5 Å². The van der Waals surface area contributed by atoms with Gasteiger partial charge in [0.1, 0.15) is 13.2 Å². The summed E-state index contributed by atoms with van der Waals surface area (Å²) in [4.78, 5) is 17.1. The smallest absolute Gasteiger partial charge is 0.220 e. The highest BCUT2D eigenvalue weighted by Gasteiger charge is 2.12. The molecule has 0 radical (unpaired) electrons. The molecule has 1 aliphatic rings. The Balaban J connectivity index is 1.36. The lowest BCUT2D eigenvalue weighted by Crippen LogP contribution is -2.25. The average Bonchev–Trinajstić information content (AvgIpc) is 3.08. The van der Waals surface area contributed by atoms with E-state index in [1.54, 1.807) is 29.3 Å². The van der Waals surface area contributed by atoms with Crippen LogP contribution in [0.1, 0.15) is 11.4 Å². The van der Waals surface area contributed by atoms with Crippen molar-refractivity contribution in [2.24, 2.45) is 0 Å². The Morgan fingerprint density at radius 3 is 3.00 bits per heavy atom. The van der Waals surface area contributed by atoms with Gasteiger partial charge in [-0.05, 0) is 18.2 Å². The van der Waals surface area contributed by atoms with E-state index in [1.807, 2.05) is 23.6 Å². The van der Waals surface area contributed by atoms with Crippen molar-refractivity contribution in [3.8, 4) is 11.5 Å². The van der Waals surface area contributed by atoms with Gasteiger partial charge in [0.25, 0.3) is 0 Å². The number of benzene rings is 1. The molecule has 1 N–H and O–H groups in total. The van der Waals surface area contributed by atoms with E-state index in [9.17, 15) is 4.79 Å². The number of ether oxygens (including phenoxy) is 2. The minimum Gasteiger partial charge on any atom is -0.486 e. The van der Waals surface area contributed by atoms with Crippen molar-refractivity contribution in [3.63, 3.8) is 0 Å². The van der Waals surface area contributed by atoms with Gasteiger partial charge in [0, 0.05) is 41.6 Å². The highest BCUT2D eigenvalue weighted by atomic mass is 32.2. The Bertz CT molecular complexity index is 647. The standard InChI is InChI=1S/C16H18N2O3S2/c19-15(17-5-3-16-18-6-10-23-16)4-9-22-12-1-2-13-14(11-12)21-8-7-20-13/h1-2,6,10-11H,3-5,7-9H2,(H,17,19). The predicted octanol–water partition coefficient (Wildman–Crippen LogP) is 2.76. The van der Waals surface area contributed by atoms with E-state index in [0.29, 0.717) is 26.2 Å². The summed E-state index contributed by atoms with van der Waals surface area (Å²) >= 11 is 3.26. The number of amides is 1. The Kier molecular flexibility index (Phi) is 5.76. The molecular formula is C16H18N2O3S2. The van der Waals surface area contributed by atoms with Crippen LogP contribution in [0.2, 0.25) is 0 Å². The summed E-state index contributed by atoms with van der Waals surface area (Å²) < 4.78 is 11.1. The number of fused-ring (bicyclic) bond motifs is 1. The number of hydrogen-bond acceptors (Lipinski definition) is 6. The molecule has 1 amide bonds. The first-order valence-electron chi connectivity index (χ1n) is 7.49. The number of nitrogens with zero attached hydrogens (tertiary/aromatic N) is 1. The summed E-state index contributed by atoms with van der Waals surface area (Å²) in [5, 5.41) is 5.92. The van der Waals surface area contributed by atoms with Crippen LogP contribution in [0.15, 0.2) is 34.7 Å². The summed E-state index contributed by atoms with van der Waals surface area (Å²) in [6.07, 6.45) is 3.07. The number of thiazole rings is 1. The highest BCUT2D eigenvalue weighted by molar-refractivity contribution is 7.99. The predicted molar refractivity (Wildman–Crippen MR) is 91.6 cm³/mol. The first-order valence-corrected chi connectivity index (χ1v) is 9.35. The molecule has 2 heterocycles. The molecule has 1 aliphatic heterocycles. The molecule has 0 aliphatic carbocycles. The maximum absolute atomic E-state index is 11.8. The van der Waals surface area contributed by atoms with E-state index >= 15 is 0 Å². The average molecular weight is 350 g/mol. The van der Waals surface area contributed by atoms with E-state index in [1.165, 1.54) is 0 Å². The van der Waals surface area contributed by atoms with Crippen molar-refractivity contribution in [3.05, 3.63) is 34.8 Å². The fraction of sp³-hybridized carbons (Fsp3) is 0.375. The molecule has 0 spiro atoms. The molecule has 0 saturated carbocycles. The van der Waals surface area contributed by atoms with Gasteiger partial charge in [-0.3, -0.25) is 4.79 Å². The van der Waals surface area contributed by atoms with Gasteiger partial charge in [0.2, 0.25) is 5.91 Å². The zero-order chi connectivity index (χ0) is 15.9. The first-order chi connectivity index (χ1) is 11.3. The number of carbonyl (C=O) groups is 1. The van der Waals surface area contributed by atoms with E-state index in [0.717, 1.165) is 33.6 Å². The fourth-order valence-corrected chi connectivity index (χ4v) is 3.65. The van der Waals surface area contributed by atoms with Gasteiger partial charge in [-0.1, -0.05) is 0 Å². The van der Waals surface area contributed by atoms with Crippen LogP contribution in [0.4, 0.5) is 0 Å². The molecule has 2 aromatic rings. The molecule has 3 rings (SSSR count). The van der Waals surface area contributed by atoms with Gasteiger partial charge in [0.05, 0.1) is 5.01 Å². The molecule has 23 heavy (non-hydrogen) atoms. The second-order valence-corrected chi connectivity index (χ2v) is 7.08. The van der Waals surface area contributed by atoms with Crippen molar-refractivity contribution in [1.29, 1.82) is 0 Å². The molecule has 1 aromatic carbocycles. The van der Waals surface area contributed by atoms with Crippen molar-refractivity contribution < 1.29 is 14.3 Å². The van der Waals surface area contributed by atoms with Crippen LogP contribution in [-0.2, 0) is 11.2 Å². The SMILES string of the molecule is O=C(CCSc1ccc2c(c1)OCCO2)NCCc1nccs1. The van der Waals surface area contributed by atoms with Gasteiger partial charge in [-0.15, -0.1) is 23.1 Å².